The van der Waals surface area contributed by atoms with E-state index in [1.54, 1.807) is 6.07 Å². The number of nitrogens with zero attached hydrogens (tertiary/aromatic N) is 1. The van der Waals surface area contributed by atoms with Crippen molar-refractivity contribution in [3.8, 4) is 5.75 Å². The third-order valence-corrected chi connectivity index (χ3v) is 5.98. The predicted octanol–water partition coefficient (Wildman–Crippen LogP) is 1.90. The highest BCUT2D eigenvalue weighted by Gasteiger charge is 2.06. The second-order valence-electron chi connectivity index (χ2n) is 5.37. The zero-order valence-electron chi connectivity index (χ0n) is 13.7. The quantitative estimate of drug-likeness (QED) is 0.364. The smallest absolute Gasteiger partial charge is 0.120 e. The Kier molecular flexibility index (Phi) is 9.99. The van der Waals surface area contributed by atoms with Gasteiger partial charge in [0, 0.05) is 12.3 Å². The highest BCUT2D eigenvalue weighted by atomic mass is 33.1. The maximum absolute atomic E-state index is 9.21. The van der Waals surface area contributed by atoms with Crippen molar-refractivity contribution >= 4 is 20.7 Å². The molecule has 0 fully saturated rings. The average molecular weight is 347 g/mol. The van der Waals surface area contributed by atoms with Crippen LogP contribution >= 0.6 is 10.8 Å². The molecule has 0 bridgehead atoms. The maximum Gasteiger partial charge on any atom is 0.120 e. The number of benzene rings is 1. The summed E-state index contributed by atoms with van der Waals surface area (Å²) in [6.07, 6.45) is 5.70. The Labute approximate surface area is 140 Å². The van der Waals surface area contributed by atoms with Crippen molar-refractivity contribution in [2.75, 3.05) is 45.0 Å². The number of aliphatic hydroxyl groups is 2. The topological polar surface area (TPSA) is 52.9 Å². The first-order chi connectivity index (χ1) is 10.5. The predicted molar refractivity (Wildman–Crippen MR) is 97.6 cm³/mol. The molecule has 0 saturated carbocycles. The summed E-state index contributed by atoms with van der Waals surface area (Å²) in [5, 5.41) is 18.4. The van der Waals surface area contributed by atoms with E-state index >= 15 is 0 Å². The van der Waals surface area contributed by atoms with Crippen LogP contribution in [0.2, 0.25) is 0 Å². The van der Waals surface area contributed by atoms with Crippen LogP contribution in [-0.4, -0.2) is 60.1 Å². The molecule has 1 rings (SSSR count). The Bertz CT molecular complexity index is 408. The number of ether oxygens (including phenoxy) is 1. The minimum atomic E-state index is -0.0434. The Morgan fingerprint density at radius 1 is 1.09 bits per heavy atom. The van der Waals surface area contributed by atoms with Gasteiger partial charge in [-0.25, -0.2) is 0 Å². The molecule has 0 amide bonds. The molecule has 0 atom stereocenters. The fraction of sp³-hybridized carbons (Fsp3) is 0.625. The maximum atomic E-state index is 9.21. The number of rotatable bonds is 11. The average Bonchev–Trinajstić information content (AvgIpc) is 2.51. The second-order valence-corrected chi connectivity index (χ2v) is 10.2. The van der Waals surface area contributed by atoms with E-state index in [1.807, 2.05) is 22.9 Å². The summed E-state index contributed by atoms with van der Waals surface area (Å²) in [5.74, 6) is 1.92. The molecule has 6 heteroatoms. The van der Waals surface area contributed by atoms with Gasteiger partial charge in [0.05, 0.1) is 33.9 Å². The molecule has 0 aromatic heterocycles. The molecule has 0 saturated heterocycles. The lowest BCUT2D eigenvalue weighted by molar-refractivity contribution is 0.235. The summed E-state index contributed by atoms with van der Waals surface area (Å²) in [6, 6.07) is 5.42. The highest BCUT2D eigenvalue weighted by molar-refractivity contribution is 8.73. The zero-order chi connectivity index (χ0) is 16.4. The SMILES string of the molecule is CN(CCCS[S+](C)C)CCOc1cc(CO)cc(CO)c1. The molecule has 0 unspecified atom stereocenters. The van der Waals surface area contributed by atoms with Crippen molar-refractivity contribution in [2.45, 2.75) is 19.6 Å². The van der Waals surface area contributed by atoms with Crippen molar-refractivity contribution in [1.82, 2.24) is 4.90 Å². The van der Waals surface area contributed by atoms with Crippen molar-refractivity contribution in [3.05, 3.63) is 29.3 Å². The molecule has 0 aliphatic rings. The first-order valence-electron chi connectivity index (χ1n) is 7.42. The van der Waals surface area contributed by atoms with Gasteiger partial charge >= 0.3 is 0 Å². The van der Waals surface area contributed by atoms with Gasteiger partial charge in [0.2, 0.25) is 0 Å². The molecule has 0 radical (unpaired) electrons. The molecule has 0 aliphatic carbocycles. The fourth-order valence-electron chi connectivity index (χ4n) is 1.99. The van der Waals surface area contributed by atoms with Gasteiger partial charge < -0.3 is 19.8 Å². The Balaban J connectivity index is 2.28. The van der Waals surface area contributed by atoms with Gasteiger partial charge in [-0.15, -0.1) is 0 Å². The van der Waals surface area contributed by atoms with E-state index < -0.39 is 0 Å². The van der Waals surface area contributed by atoms with Crippen molar-refractivity contribution in [1.29, 1.82) is 0 Å². The molecule has 1 aromatic carbocycles. The van der Waals surface area contributed by atoms with E-state index in [1.165, 1.54) is 12.2 Å². The van der Waals surface area contributed by atoms with Gasteiger partial charge in [-0.1, -0.05) is 6.07 Å². The van der Waals surface area contributed by atoms with E-state index in [2.05, 4.69) is 24.5 Å². The minimum absolute atomic E-state index is 0.0434. The summed E-state index contributed by atoms with van der Waals surface area (Å²) < 4.78 is 5.74. The summed E-state index contributed by atoms with van der Waals surface area (Å²) >= 11 is 0. The van der Waals surface area contributed by atoms with Gasteiger partial charge in [0.15, 0.2) is 0 Å². The lowest BCUT2D eigenvalue weighted by Crippen LogP contribution is -2.25. The van der Waals surface area contributed by atoms with Crippen LogP contribution in [-0.2, 0) is 23.1 Å². The summed E-state index contributed by atoms with van der Waals surface area (Å²) in [4.78, 5) is 2.27. The van der Waals surface area contributed by atoms with Gasteiger partial charge in [-0.2, -0.15) is 0 Å². The summed E-state index contributed by atoms with van der Waals surface area (Å²) in [6.45, 7) is 2.46. The van der Waals surface area contributed by atoms with Crippen molar-refractivity contribution in [2.24, 2.45) is 0 Å². The van der Waals surface area contributed by atoms with Crippen LogP contribution in [0.1, 0.15) is 17.5 Å². The molecular formula is C16H28NO3S2+. The number of aliphatic hydroxyl groups excluding tert-OH is 2. The van der Waals surface area contributed by atoms with E-state index in [0.29, 0.717) is 22.3 Å². The second kappa shape index (κ2) is 11.2. The first kappa shape index (κ1) is 19.6. The summed E-state index contributed by atoms with van der Waals surface area (Å²) in [7, 11) is 4.60. The molecule has 0 aliphatic heterocycles. The normalized spacial score (nSPS) is 11.4. The standard InChI is InChI=1S/C16H28NO3S2/c1-17(5-4-8-21-22(2)3)6-7-20-16-10-14(12-18)9-15(11-16)13-19/h9-11,18-19H,4-8,12-13H2,1-3H3/q+1. The van der Waals surface area contributed by atoms with Crippen molar-refractivity contribution in [3.63, 3.8) is 0 Å². The number of likely N-dealkylation sites (N-methyl/N-ethyl adjacent to an activating group) is 1. The van der Waals surface area contributed by atoms with E-state index in [-0.39, 0.29) is 13.2 Å². The van der Waals surface area contributed by atoms with Crippen LogP contribution in [0.15, 0.2) is 18.2 Å². The molecule has 126 valence electrons. The van der Waals surface area contributed by atoms with Gasteiger partial charge in [0.25, 0.3) is 0 Å². The monoisotopic (exact) mass is 346 g/mol. The van der Waals surface area contributed by atoms with Crippen LogP contribution in [0, 0.1) is 0 Å². The van der Waals surface area contributed by atoms with Crippen LogP contribution in [0.4, 0.5) is 0 Å². The fourth-order valence-corrected chi connectivity index (χ4v) is 3.92. The zero-order valence-corrected chi connectivity index (χ0v) is 15.4. The molecule has 0 spiro atoms. The third kappa shape index (κ3) is 8.29. The lowest BCUT2D eigenvalue weighted by atomic mass is 10.1. The highest BCUT2D eigenvalue weighted by Crippen LogP contribution is 2.17. The van der Waals surface area contributed by atoms with Crippen LogP contribution < -0.4 is 4.74 Å². The van der Waals surface area contributed by atoms with Gasteiger partial charge in [-0.3, -0.25) is 0 Å². The molecular weight excluding hydrogens is 318 g/mol. The van der Waals surface area contributed by atoms with Crippen LogP contribution in [0.5, 0.6) is 5.75 Å². The Morgan fingerprint density at radius 3 is 2.27 bits per heavy atom. The van der Waals surface area contributed by atoms with Gasteiger partial charge in [0.1, 0.15) is 24.9 Å². The van der Waals surface area contributed by atoms with Gasteiger partial charge in [-0.05, 0) is 43.3 Å². The van der Waals surface area contributed by atoms with Crippen LogP contribution in [0.3, 0.4) is 0 Å². The third-order valence-electron chi connectivity index (χ3n) is 3.14. The lowest BCUT2D eigenvalue weighted by Gasteiger charge is -2.17. The summed E-state index contributed by atoms with van der Waals surface area (Å²) in [5.41, 5.74) is 1.53. The largest absolute Gasteiger partial charge is 0.492 e. The van der Waals surface area contributed by atoms with Crippen LogP contribution in [0.25, 0.3) is 0 Å². The van der Waals surface area contributed by atoms with E-state index in [4.69, 9.17) is 4.74 Å². The number of hydrogen-bond donors (Lipinski definition) is 2. The van der Waals surface area contributed by atoms with E-state index in [9.17, 15) is 10.2 Å². The molecule has 22 heavy (non-hydrogen) atoms. The number of hydrogen-bond acceptors (Lipinski definition) is 5. The Hall–Kier alpha value is -0.400. The van der Waals surface area contributed by atoms with Crippen molar-refractivity contribution < 1.29 is 14.9 Å². The molecule has 4 nitrogen and oxygen atoms in total. The van der Waals surface area contributed by atoms with E-state index in [0.717, 1.165) is 24.2 Å². The molecule has 2 N–H and O–H groups in total. The Morgan fingerprint density at radius 2 is 1.73 bits per heavy atom. The first-order valence-corrected chi connectivity index (χ1v) is 11.0. The minimum Gasteiger partial charge on any atom is -0.492 e. The molecule has 0 heterocycles. The molecule has 1 aromatic rings.